The molecule has 4 nitrogen and oxygen atoms in total. The van der Waals surface area contributed by atoms with Crippen molar-refractivity contribution in [2.45, 2.75) is 46.3 Å². The summed E-state index contributed by atoms with van der Waals surface area (Å²) in [6.45, 7) is 8.79. The highest BCUT2D eigenvalue weighted by molar-refractivity contribution is 5.73. The van der Waals surface area contributed by atoms with Crippen LogP contribution < -0.4 is 15.4 Å². The maximum Gasteiger partial charge on any atom is 0.317 e. The molecule has 0 bridgehead atoms. The fourth-order valence-corrected chi connectivity index (χ4v) is 1.64. The second-order valence-electron chi connectivity index (χ2n) is 4.88. The number of benzene rings is 1. The summed E-state index contributed by atoms with van der Waals surface area (Å²) >= 11 is 0. The molecular formula is C15H24N2O2. The second kappa shape index (κ2) is 7.67. The monoisotopic (exact) mass is 264 g/mol. The first-order valence-electron chi connectivity index (χ1n) is 6.84. The minimum atomic E-state index is -0.359. The molecule has 106 valence electrons. The smallest absolute Gasteiger partial charge is 0.317 e. The van der Waals surface area contributed by atoms with Gasteiger partial charge in [0.2, 0.25) is 0 Å². The molecule has 0 aliphatic rings. The fourth-order valence-electron chi connectivity index (χ4n) is 1.64. The second-order valence-corrected chi connectivity index (χ2v) is 4.88. The van der Waals surface area contributed by atoms with Gasteiger partial charge in [-0.25, -0.2) is 4.79 Å². The molecule has 0 fully saturated rings. The molecule has 1 atom stereocenters. The van der Waals surface area contributed by atoms with Crippen molar-refractivity contribution in [3.8, 4) is 5.75 Å². The molecule has 1 rings (SSSR count). The van der Waals surface area contributed by atoms with E-state index in [-0.39, 0.29) is 12.3 Å². The van der Waals surface area contributed by atoms with Crippen molar-refractivity contribution in [3.05, 3.63) is 29.8 Å². The van der Waals surface area contributed by atoms with Gasteiger partial charge in [-0.1, -0.05) is 32.9 Å². The van der Waals surface area contributed by atoms with Gasteiger partial charge in [0.25, 0.3) is 0 Å². The van der Waals surface area contributed by atoms with Gasteiger partial charge in [0, 0.05) is 6.54 Å². The zero-order valence-electron chi connectivity index (χ0n) is 12.2. The Morgan fingerprint density at radius 2 is 1.84 bits per heavy atom. The molecule has 2 amide bonds. The highest BCUT2D eigenvalue weighted by Gasteiger charge is 2.07. The van der Waals surface area contributed by atoms with Crippen molar-refractivity contribution < 1.29 is 9.53 Å². The number of carbonyl (C=O) groups excluding carboxylic acids is 1. The SMILES string of the molecule is CCCNC(=O)NC(C)Oc1ccc(C(C)C)cc1. The Hall–Kier alpha value is -1.71. The lowest BCUT2D eigenvalue weighted by atomic mass is 10.0. The summed E-state index contributed by atoms with van der Waals surface area (Å²) in [4.78, 5) is 11.4. The number of hydrogen-bond donors (Lipinski definition) is 2. The van der Waals surface area contributed by atoms with Gasteiger partial charge in [-0.05, 0) is 37.0 Å². The normalized spacial score (nSPS) is 12.1. The number of urea groups is 1. The van der Waals surface area contributed by atoms with Crippen LogP contribution in [0.4, 0.5) is 4.79 Å². The Balaban J connectivity index is 2.43. The van der Waals surface area contributed by atoms with Crippen molar-refractivity contribution >= 4 is 6.03 Å². The van der Waals surface area contributed by atoms with Gasteiger partial charge in [-0.2, -0.15) is 0 Å². The summed E-state index contributed by atoms with van der Waals surface area (Å²) in [5.74, 6) is 1.26. The summed E-state index contributed by atoms with van der Waals surface area (Å²) in [5, 5.41) is 5.47. The van der Waals surface area contributed by atoms with Gasteiger partial charge in [0.15, 0.2) is 6.23 Å². The molecule has 19 heavy (non-hydrogen) atoms. The molecule has 0 spiro atoms. The van der Waals surface area contributed by atoms with Crippen LogP contribution in [0.3, 0.4) is 0 Å². The first-order valence-corrected chi connectivity index (χ1v) is 6.84. The Bertz CT molecular complexity index is 388. The van der Waals surface area contributed by atoms with Gasteiger partial charge < -0.3 is 15.4 Å². The predicted molar refractivity (Wildman–Crippen MR) is 77.4 cm³/mol. The van der Waals surface area contributed by atoms with E-state index in [2.05, 4.69) is 24.5 Å². The van der Waals surface area contributed by atoms with Crippen LogP contribution >= 0.6 is 0 Å². The number of nitrogens with one attached hydrogen (secondary N) is 2. The minimum Gasteiger partial charge on any atom is -0.471 e. The molecule has 1 unspecified atom stereocenters. The van der Waals surface area contributed by atoms with Crippen molar-refractivity contribution in [3.63, 3.8) is 0 Å². The molecule has 0 aliphatic carbocycles. The first-order chi connectivity index (χ1) is 9.02. The van der Waals surface area contributed by atoms with Crippen LogP contribution in [0, 0.1) is 0 Å². The van der Waals surface area contributed by atoms with E-state index in [1.165, 1.54) is 5.56 Å². The first kappa shape index (κ1) is 15.3. The van der Waals surface area contributed by atoms with Gasteiger partial charge in [0.1, 0.15) is 5.75 Å². The lowest BCUT2D eigenvalue weighted by Gasteiger charge is -2.17. The number of rotatable bonds is 6. The molecule has 1 aromatic rings. The highest BCUT2D eigenvalue weighted by atomic mass is 16.5. The Labute approximate surface area is 115 Å². The third-order valence-corrected chi connectivity index (χ3v) is 2.73. The van der Waals surface area contributed by atoms with Crippen LogP contribution in [0.25, 0.3) is 0 Å². The van der Waals surface area contributed by atoms with Crippen molar-refractivity contribution in [1.82, 2.24) is 10.6 Å². The number of hydrogen-bond acceptors (Lipinski definition) is 2. The molecule has 0 radical (unpaired) electrons. The number of amides is 2. The van der Waals surface area contributed by atoms with Crippen LogP contribution in [0.2, 0.25) is 0 Å². The molecule has 1 aromatic carbocycles. The summed E-state index contributed by atoms with van der Waals surface area (Å²) in [7, 11) is 0. The van der Waals surface area contributed by atoms with Crippen molar-refractivity contribution in [2.75, 3.05) is 6.54 Å². The summed E-state index contributed by atoms with van der Waals surface area (Å²) < 4.78 is 5.63. The van der Waals surface area contributed by atoms with Crippen LogP contribution in [0.5, 0.6) is 5.75 Å². The van der Waals surface area contributed by atoms with Crippen molar-refractivity contribution in [1.29, 1.82) is 0 Å². The molecule has 0 saturated heterocycles. The molecule has 4 heteroatoms. The zero-order chi connectivity index (χ0) is 14.3. The average Bonchev–Trinajstić information content (AvgIpc) is 2.36. The molecule has 0 aliphatic heterocycles. The van der Waals surface area contributed by atoms with Crippen LogP contribution in [0.1, 0.15) is 45.6 Å². The maximum atomic E-state index is 11.4. The molecular weight excluding hydrogens is 240 g/mol. The fraction of sp³-hybridized carbons (Fsp3) is 0.533. The summed E-state index contributed by atoms with van der Waals surface area (Å²) in [6.07, 6.45) is 0.557. The molecule has 0 aromatic heterocycles. The highest BCUT2D eigenvalue weighted by Crippen LogP contribution is 2.19. The van der Waals surface area contributed by atoms with Crippen LogP contribution in [0.15, 0.2) is 24.3 Å². The lowest BCUT2D eigenvalue weighted by molar-refractivity contribution is 0.177. The predicted octanol–water partition coefficient (Wildman–Crippen LogP) is 3.24. The Morgan fingerprint density at radius 3 is 2.37 bits per heavy atom. The van der Waals surface area contributed by atoms with E-state index < -0.39 is 0 Å². The average molecular weight is 264 g/mol. The van der Waals surface area contributed by atoms with Gasteiger partial charge in [0.05, 0.1) is 0 Å². The number of carbonyl (C=O) groups is 1. The van der Waals surface area contributed by atoms with E-state index >= 15 is 0 Å². The summed E-state index contributed by atoms with van der Waals surface area (Å²) in [6, 6.07) is 7.75. The van der Waals surface area contributed by atoms with E-state index in [4.69, 9.17) is 4.74 Å². The maximum absolute atomic E-state index is 11.4. The Morgan fingerprint density at radius 1 is 1.21 bits per heavy atom. The minimum absolute atomic E-state index is 0.201. The summed E-state index contributed by atoms with van der Waals surface area (Å²) in [5.41, 5.74) is 1.27. The van der Waals surface area contributed by atoms with Crippen LogP contribution in [-0.4, -0.2) is 18.8 Å². The molecule has 2 N–H and O–H groups in total. The third-order valence-electron chi connectivity index (χ3n) is 2.73. The van der Waals surface area contributed by atoms with E-state index in [1.54, 1.807) is 0 Å². The topological polar surface area (TPSA) is 50.4 Å². The van der Waals surface area contributed by atoms with E-state index in [1.807, 2.05) is 38.1 Å². The van der Waals surface area contributed by atoms with Gasteiger partial charge in [-0.15, -0.1) is 0 Å². The number of ether oxygens (including phenoxy) is 1. The van der Waals surface area contributed by atoms with Gasteiger partial charge in [-0.3, -0.25) is 0 Å². The zero-order valence-corrected chi connectivity index (χ0v) is 12.2. The third kappa shape index (κ3) is 5.64. The lowest BCUT2D eigenvalue weighted by Crippen LogP contribution is -2.43. The molecule has 0 saturated carbocycles. The van der Waals surface area contributed by atoms with E-state index in [9.17, 15) is 4.79 Å². The Kier molecular flexibility index (Phi) is 6.19. The largest absolute Gasteiger partial charge is 0.471 e. The standard InChI is InChI=1S/C15H24N2O2/c1-5-10-16-15(18)17-12(4)19-14-8-6-13(7-9-14)11(2)3/h6-9,11-12H,5,10H2,1-4H3,(H2,16,17,18). The molecule has 0 heterocycles. The van der Waals surface area contributed by atoms with E-state index in [0.29, 0.717) is 12.5 Å². The van der Waals surface area contributed by atoms with Crippen LogP contribution in [-0.2, 0) is 0 Å². The van der Waals surface area contributed by atoms with E-state index in [0.717, 1.165) is 12.2 Å². The van der Waals surface area contributed by atoms with Crippen molar-refractivity contribution in [2.24, 2.45) is 0 Å². The quantitative estimate of drug-likeness (QED) is 0.775. The van der Waals surface area contributed by atoms with Gasteiger partial charge >= 0.3 is 6.03 Å².